The first-order chi connectivity index (χ1) is 11.1. The van der Waals surface area contributed by atoms with Crippen LogP contribution in [0.5, 0.6) is 5.75 Å². The van der Waals surface area contributed by atoms with E-state index in [-0.39, 0.29) is 12.5 Å². The third kappa shape index (κ3) is 5.47. The number of nitrogens with one attached hydrogen (secondary N) is 1. The van der Waals surface area contributed by atoms with Crippen molar-refractivity contribution in [1.82, 2.24) is 4.90 Å². The van der Waals surface area contributed by atoms with E-state index < -0.39 is 6.09 Å². The summed E-state index contributed by atoms with van der Waals surface area (Å²) in [6.07, 6.45) is 1.58. The van der Waals surface area contributed by atoms with Gasteiger partial charge in [0.2, 0.25) is 0 Å². The van der Waals surface area contributed by atoms with Crippen molar-refractivity contribution in [3.8, 4) is 5.75 Å². The summed E-state index contributed by atoms with van der Waals surface area (Å²) in [6.45, 7) is 5.87. The van der Waals surface area contributed by atoms with Crippen LogP contribution in [0.3, 0.4) is 0 Å². The Morgan fingerprint density at radius 2 is 2.04 bits per heavy atom. The van der Waals surface area contributed by atoms with E-state index in [2.05, 4.69) is 12.2 Å². The van der Waals surface area contributed by atoms with Gasteiger partial charge in [-0.15, -0.1) is 0 Å². The Labute approximate surface area is 136 Å². The first-order valence-corrected chi connectivity index (χ1v) is 8.03. The topological polar surface area (TPSA) is 67.9 Å². The minimum absolute atomic E-state index is 0.000606. The van der Waals surface area contributed by atoms with E-state index in [4.69, 9.17) is 9.47 Å². The lowest BCUT2D eigenvalue weighted by Crippen LogP contribution is -2.40. The fourth-order valence-electron chi connectivity index (χ4n) is 2.44. The van der Waals surface area contributed by atoms with Gasteiger partial charge in [-0.1, -0.05) is 13.0 Å². The lowest BCUT2D eigenvalue weighted by Gasteiger charge is -2.30. The number of carbonyl (C=O) groups is 2. The van der Waals surface area contributed by atoms with Crippen molar-refractivity contribution in [2.45, 2.75) is 26.7 Å². The molecule has 126 valence electrons. The standard InChI is InChI=1S/C17H24N2O4/c1-3-22-17(21)18-14-5-4-6-15(11-14)23-12-16(20)19-9-7-13(2)8-10-19/h4-6,11,13H,3,7-10,12H2,1-2H3,(H,18,21). The van der Waals surface area contributed by atoms with Gasteiger partial charge in [0.15, 0.2) is 6.61 Å². The number of hydrogen-bond acceptors (Lipinski definition) is 4. The van der Waals surface area contributed by atoms with E-state index in [1.54, 1.807) is 31.2 Å². The van der Waals surface area contributed by atoms with Crippen LogP contribution in [0.4, 0.5) is 10.5 Å². The Morgan fingerprint density at radius 3 is 2.74 bits per heavy atom. The van der Waals surface area contributed by atoms with E-state index >= 15 is 0 Å². The molecular weight excluding hydrogens is 296 g/mol. The number of hydrogen-bond donors (Lipinski definition) is 1. The number of benzene rings is 1. The van der Waals surface area contributed by atoms with Crippen molar-refractivity contribution >= 4 is 17.7 Å². The third-order valence-corrected chi connectivity index (χ3v) is 3.85. The van der Waals surface area contributed by atoms with Crippen LogP contribution >= 0.6 is 0 Å². The number of rotatable bonds is 5. The molecule has 23 heavy (non-hydrogen) atoms. The van der Waals surface area contributed by atoms with Gasteiger partial charge in [0.1, 0.15) is 5.75 Å². The summed E-state index contributed by atoms with van der Waals surface area (Å²) in [5, 5.41) is 2.60. The number of piperidine rings is 1. The van der Waals surface area contributed by atoms with Crippen LogP contribution in [-0.4, -0.2) is 43.2 Å². The predicted octanol–water partition coefficient (Wildman–Crippen LogP) is 2.89. The maximum absolute atomic E-state index is 12.1. The van der Waals surface area contributed by atoms with Gasteiger partial charge < -0.3 is 14.4 Å². The van der Waals surface area contributed by atoms with Crippen LogP contribution in [0.2, 0.25) is 0 Å². The monoisotopic (exact) mass is 320 g/mol. The largest absolute Gasteiger partial charge is 0.484 e. The van der Waals surface area contributed by atoms with E-state index in [0.29, 0.717) is 24.0 Å². The van der Waals surface area contributed by atoms with Gasteiger partial charge in [-0.3, -0.25) is 10.1 Å². The van der Waals surface area contributed by atoms with Crippen molar-refractivity contribution in [3.05, 3.63) is 24.3 Å². The van der Waals surface area contributed by atoms with Crippen LogP contribution in [0.25, 0.3) is 0 Å². The summed E-state index contributed by atoms with van der Waals surface area (Å²) in [6, 6.07) is 6.91. The average Bonchev–Trinajstić information content (AvgIpc) is 2.54. The Bertz CT molecular complexity index is 539. The second-order valence-electron chi connectivity index (χ2n) is 5.73. The molecule has 0 unspecified atom stereocenters. The molecule has 1 heterocycles. The van der Waals surface area contributed by atoms with Crippen LogP contribution in [0, 0.1) is 5.92 Å². The minimum Gasteiger partial charge on any atom is -0.484 e. The quantitative estimate of drug-likeness (QED) is 0.906. The van der Waals surface area contributed by atoms with Crippen molar-refractivity contribution in [2.75, 3.05) is 31.6 Å². The summed E-state index contributed by atoms with van der Waals surface area (Å²) in [5.41, 5.74) is 0.570. The van der Waals surface area contributed by atoms with Crippen LogP contribution in [0.15, 0.2) is 24.3 Å². The zero-order chi connectivity index (χ0) is 16.7. The highest BCUT2D eigenvalue weighted by atomic mass is 16.5. The molecule has 0 aliphatic carbocycles. The number of ether oxygens (including phenoxy) is 2. The van der Waals surface area contributed by atoms with Crippen LogP contribution in [0.1, 0.15) is 26.7 Å². The van der Waals surface area contributed by atoms with Gasteiger partial charge in [0.25, 0.3) is 5.91 Å². The third-order valence-electron chi connectivity index (χ3n) is 3.85. The van der Waals surface area contributed by atoms with Crippen molar-refractivity contribution < 1.29 is 19.1 Å². The van der Waals surface area contributed by atoms with Crippen molar-refractivity contribution in [3.63, 3.8) is 0 Å². The van der Waals surface area contributed by atoms with Crippen LogP contribution in [-0.2, 0) is 9.53 Å². The van der Waals surface area contributed by atoms with Gasteiger partial charge >= 0.3 is 6.09 Å². The SMILES string of the molecule is CCOC(=O)Nc1cccc(OCC(=O)N2CCC(C)CC2)c1. The maximum atomic E-state index is 12.1. The molecule has 2 amide bonds. The van der Waals surface area contributed by atoms with Gasteiger partial charge in [-0.25, -0.2) is 4.79 Å². The second kappa shape index (κ2) is 8.41. The molecule has 6 nitrogen and oxygen atoms in total. The highest BCUT2D eigenvalue weighted by Gasteiger charge is 2.20. The van der Waals surface area contributed by atoms with Gasteiger partial charge in [0.05, 0.1) is 6.61 Å². The first-order valence-electron chi connectivity index (χ1n) is 8.03. The zero-order valence-electron chi connectivity index (χ0n) is 13.7. The predicted molar refractivity (Wildman–Crippen MR) is 87.6 cm³/mol. The Morgan fingerprint density at radius 1 is 1.30 bits per heavy atom. The van der Waals surface area contributed by atoms with Gasteiger partial charge in [-0.2, -0.15) is 0 Å². The summed E-state index contributed by atoms with van der Waals surface area (Å²) in [4.78, 5) is 25.4. The van der Waals surface area contributed by atoms with Crippen molar-refractivity contribution in [1.29, 1.82) is 0 Å². The minimum atomic E-state index is -0.511. The molecule has 0 saturated carbocycles. The summed E-state index contributed by atoms with van der Waals surface area (Å²) >= 11 is 0. The van der Waals surface area contributed by atoms with E-state index in [1.165, 1.54) is 0 Å². The average molecular weight is 320 g/mol. The molecule has 0 bridgehead atoms. The number of nitrogens with zero attached hydrogens (tertiary/aromatic N) is 1. The molecule has 0 spiro atoms. The molecule has 1 aromatic rings. The highest BCUT2D eigenvalue weighted by molar-refractivity contribution is 5.84. The smallest absolute Gasteiger partial charge is 0.411 e. The first kappa shape index (κ1) is 17.1. The maximum Gasteiger partial charge on any atom is 0.411 e. The zero-order valence-corrected chi connectivity index (χ0v) is 13.7. The van der Waals surface area contributed by atoms with E-state index in [9.17, 15) is 9.59 Å². The number of amides is 2. The van der Waals surface area contributed by atoms with Gasteiger partial charge in [0, 0.05) is 24.8 Å². The van der Waals surface area contributed by atoms with E-state index in [1.807, 2.05) is 4.90 Å². The summed E-state index contributed by atoms with van der Waals surface area (Å²) in [7, 11) is 0. The molecule has 1 N–H and O–H groups in total. The molecule has 2 rings (SSSR count). The molecule has 6 heteroatoms. The fraction of sp³-hybridized carbons (Fsp3) is 0.529. The molecule has 0 aromatic heterocycles. The van der Waals surface area contributed by atoms with E-state index in [0.717, 1.165) is 25.9 Å². The second-order valence-corrected chi connectivity index (χ2v) is 5.73. The highest BCUT2D eigenvalue weighted by Crippen LogP contribution is 2.19. The molecule has 0 atom stereocenters. The summed E-state index contributed by atoms with van der Waals surface area (Å²) in [5.74, 6) is 1.23. The van der Waals surface area contributed by atoms with Crippen molar-refractivity contribution in [2.24, 2.45) is 5.92 Å². The molecular formula is C17H24N2O4. The molecule has 1 aromatic carbocycles. The van der Waals surface area contributed by atoms with Crippen LogP contribution < -0.4 is 10.1 Å². The molecule has 1 saturated heterocycles. The fourth-order valence-corrected chi connectivity index (χ4v) is 2.44. The number of likely N-dealkylation sites (tertiary alicyclic amines) is 1. The molecule has 1 aliphatic heterocycles. The lowest BCUT2D eigenvalue weighted by molar-refractivity contribution is -0.134. The van der Waals surface area contributed by atoms with Gasteiger partial charge in [-0.05, 0) is 37.8 Å². The Kier molecular flexibility index (Phi) is 6.26. The Balaban J connectivity index is 1.83. The molecule has 1 fully saturated rings. The number of carbonyl (C=O) groups excluding carboxylic acids is 2. The molecule has 0 radical (unpaired) electrons. The lowest BCUT2D eigenvalue weighted by atomic mass is 9.99. The normalized spacial score (nSPS) is 15.1. The summed E-state index contributed by atoms with van der Waals surface area (Å²) < 4.78 is 10.4. The Hall–Kier alpha value is -2.24. The molecule has 1 aliphatic rings. The number of anilines is 1.